The summed E-state index contributed by atoms with van der Waals surface area (Å²) in [5.74, 6) is 0. The first-order valence-corrected chi connectivity index (χ1v) is 10.1. The van der Waals surface area contributed by atoms with Crippen molar-refractivity contribution in [3.8, 4) is 5.69 Å². The molecule has 28 heavy (non-hydrogen) atoms. The molecule has 0 aliphatic carbocycles. The predicted molar refractivity (Wildman–Crippen MR) is 115 cm³/mol. The Morgan fingerprint density at radius 2 is 2.00 bits per heavy atom. The van der Waals surface area contributed by atoms with Gasteiger partial charge in [0.25, 0.3) is 0 Å². The minimum Gasteiger partial charge on any atom is -0.352 e. The second-order valence-electron chi connectivity index (χ2n) is 7.19. The molecular weight excluding hydrogens is 366 g/mol. The van der Waals surface area contributed by atoms with E-state index < -0.39 is 0 Å². The van der Waals surface area contributed by atoms with E-state index in [1.54, 1.807) is 6.20 Å². The van der Waals surface area contributed by atoms with Crippen LogP contribution in [0.5, 0.6) is 0 Å². The molecule has 1 aliphatic heterocycles. The lowest BCUT2D eigenvalue weighted by Gasteiger charge is -2.27. The van der Waals surface area contributed by atoms with Gasteiger partial charge in [0.1, 0.15) is 0 Å². The van der Waals surface area contributed by atoms with E-state index in [4.69, 9.17) is 12.2 Å². The van der Waals surface area contributed by atoms with Crippen LogP contribution in [-0.4, -0.2) is 31.1 Å². The van der Waals surface area contributed by atoms with Gasteiger partial charge in [-0.3, -0.25) is 9.97 Å². The molecule has 5 nitrogen and oxygen atoms in total. The van der Waals surface area contributed by atoms with Crippen molar-refractivity contribution >= 4 is 17.3 Å². The molecule has 0 aromatic carbocycles. The molecule has 2 atom stereocenters. The SMILES string of the molecule is CCCN1C(=S)N[C@H](c2ccccn2)[C@@H]1c1cc(C)n(-c2cccnc2)c1C. The Hall–Kier alpha value is -2.73. The smallest absolute Gasteiger partial charge is 0.170 e. The van der Waals surface area contributed by atoms with E-state index in [1.165, 1.54) is 17.0 Å². The maximum atomic E-state index is 5.71. The van der Waals surface area contributed by atoms with Gasteiger partial charge in [0, 0.05) is 30.3 Å². The summed E-state index contributed by atoms with van der Waals surface area (Å²) in [6.45, 7) is 7.42. The molecule has 0 spiro atoms. The Morgan fingerprint density at radius 3 is 2.68 bits per heavy atom. The van der Waals surface area contributed by atoms with Crippen molar-refractivity contribution in [2.75, 3.05) is 6.54 Å². The van der Waals surface area contributed by atoms with Crippen LogP contribution in [0, 0.1) is 13.8 Å². The van der Waals surface area contributed by atoms with Crippen molar-refractivity contribution in [3.05, 3.63) is 77.6 Å². The van der Waals surface area contributed by atoms with Crippen LogP contribution in [0.1, 0.15) is 48.1 Å². The van der Waals surface area contributed by atoms with Gasteiger partial charge in [-0.1, -0.05) is 13.0 Å². The first-order chi connectivity index (χ1) is 13.6. The third-order valence-electron chi connectivity index (χ3n) is 5.36. The third-order valence-corrected chi connectivity index (χ3v) is 5.71. The standard InChI is InChI=1S/C22H25N5S/c1-4-12-26-21(20(25-22(26)28)19-9-5-6-11-24-19)18-13-15(2)27(16(18)3)17-8-7-10-23-14-17/h5-11,13-14,20-21H,4,12H2,1-3H3,(H,25,28)/t20-,21+/m1/s1. The molecule has 3 aromatic rings. The van der Waals surface area contributed by atoms with Crippen LogP contribution < -0.4 is 5.32 Å². The molecule has 1 N–H and O–H groups in total. The van der Waals surface area contributed by atoms with E-state index in [-0.39, 0.29) is 12.1 Å². The number of nitrogens with zero attached hydrogens (tertiary/aromatic N) is 4. The van der Waals surface area contributed by atoms with Crippen LogP contribution in [0.4, 0.5) is 0 Å². The number of aromatic nitrogens is 3. The van der Waals surface area contributed by atoms with Gasteiger partial charge < -0.3 is 14.8 Å². The number of pyridine rings is 2. The van der Waals surface area contributed by atoms with Crippen LogP contribution in [0.2, 0.25) is 0 Å². The maximum Gasteiger partial charge on any atom is 0.170 e. The van der Waals surface area contributed by atoms with Gasteiger partial charge in [0.2, 0.25) is 0 Å². The maximum absolute atomic E-state index is 5.71. The lowest BCUT2D eigenvalue weighted by Crippen LogP contribution is -2.30. The Kier molecular flexibility index (Phi) is 5.13. The quantitative estimate of drug-likeness (QED) is 0.658. The minimum atomic E-state index is 0.0306. The summed E-state index contributed by atoms with van der Waals surface area (Å²) in [6, 6.07) is 12.5. The highest BCUT2D eigenvalue weighted by molar-refractivity contribution is 7.80. The first-order valence-electron chi connectivity index (χ1n) is 9.69. The summed E-state index contributed by atoms with van der Waals surface area (Å²) in [5.41, 5.74) is 5.77. The Labute approximate surface area is 171 Å². The summed E-state index contributed by atoms with van der Waals surface area (Å²) >= 11 is 5.71. The van der Waals surface area contributed by atoms with Crippen molar-refractivity contribution in [1.82, 2.24) is 24.8 Å². The second-order valence-corrected chi connectivity index (χ2v) is 7.58. The highest BCUT2D eigenvalue weighted by Gasteiger charge is 2.40. The number of thiocarbonyl (C=S) groups is 1. The van der Waals surface area contributed by atoms with E-state index in [2.05, 4.69) is 63.7 Å². The summed E-state index contributed by atoms with van der Waals surface area (Å²) in [7, 11) is 0. The zero-order valence-corrected chi connectivity index (χ0v) is 17.3. The molecular formula is C22H25N5S. The predicted octanol–water partition coefficient (Wildman–Crippen LogP) is 4.27. The molecule has 0 saturated carbocycles. The minimum absolute atomic E-state index is 0.0306. The summed E-state index contributed by atoms with van der Waals surface area (Å²) in [4.78, 5) is 11.2. The lowest BCUT2D eigenvalue weighted by molar-refractivity contribution is 0.316. The summed E-state index contributed by atoms with van der Waals surface area (Å²) in [5, 5.41) is 4.32. The van der Waals surface area contributed by atoms with Gasteiger partial charge >= 0.3 is 0 Å². The Morgan fingerprint density at radius 1 is 1.14 bits per heavy atom. The fourth-order valence-corrected chi connectivity index (χ4v) is 4.53. The second kappa shape index (κ2) is 7.72. The molecule has 3 aromatic heterocycles. The average Bonchev–Trinajstić information content (AvgIpc) is 3.19. The van der Waals surface area contributed by atoms with Gasteiger partial charge in [0.05, 0.1) is 29.7 Å². The molecule has 0 unspecified atom stereocenters. The number of aryl methyl sites for hydroxylation is 1. The zero-order valence-electron chi connectivity index (χ0n) is 16.5. The fraction of sp³-hybridized carbons (Fsp3) is 0.318. The van der Waals surface area contributed by atoms with E-state index >= 15 is 0 Å². The molecule has 0 bridgehead atoms. The molecule has 6 heteroatoms. The largest absolute Gasteiger partial charge is 0.352 e. The van der Waals surface area contributed by atoms with Crippen molar-refractivity contribution < 1.29 is 0 Å². The number of hydrogen-bond donors (Lipinski definition) is 1. The Balaban J connectivity index is 1.83. The van der Waals surface area contributed by atoms with Gasteiger partial charge in [-0.05, 0) is 68.4 Å². The average molecular weight is 392 g/mol. The van der Waals surface area contributed by atoms with Crippen molar-refractivity contribution in [2.45, 2.75) is 39.3 Å². The molecule has 0 amide bonds. The highest BCUT2D eigenvalue weighted by Crippen LogP contribution is 2.41. The van der Waals surface area contributed by atoms with Crippen LogP contribution in [0.3, 0.4) is 0 Å². The van der Waals surface area contributed by atoms with Crippen LogP contribution in [-0.2, 0) is 0 Å². The fourth-order valence-electron chi connectivity index (χ4n) is 4.20. The van der Waals surface area contributed by atoms with Crippen molar-refractivity contribution in [3.63, 3.8) is 0 Å². The van der Waals surface area contributed by atoms with Crippen LogP contribution >= 0.6 is 12.2 Å². The molecule has 144 valence electrons. The van der Waals surface area contributed by atoms with E-state index in [0.717, 1.165) is 29.5 Å². The normalized spacial score (nSPS) is 19.1. The number of nitrogens with one attached hydrogen (secondary N) is 1. The van der Waals surface area contributed by atoms with Gasteiger partial charge in [-0.25, -0.2) is 0 Å². The van der Waals surface area contributed by atoms with E-state index in [9.17, 15) is 0 Å². The topological polar surface area (TPSA) is 46.0 Å². The summed E-state index contributed by atoms with van der Waals surface area (Å²) < 4.78 is 2.27. The molecule has 0 radical (unpaired) electrons. The van der Waals surface area contributed by atoms with Gasteiger partial charge in [-0.15, -0.1) is 0 Å². The van der Waals surface area contributed by atoms with Crippen LogP contribution in [0.15, 0.2) is 55.0 Å². The molecule has 1 saturated heterocycles. The van der Waals surface area contributed by atoms with Crippen molar-refractivity contribution in [1.29, 1.82) is 0 Å². The molecule has 4 rings (SSSR count). The molecule has 1 fully saturated rings. The van der Waals surface area contributed by atoms with Crippen LogP contribution in [0.25, 0.3) is 5.69 Å². The lowest BCUT2D eigenvalue weighted by atomic mass is 9.96. The third kappa shape index (κ3) is 3.18. The van der Waals surface area contributed by atoms with Crippen molar-refractivity contribution in [2.24, 2.45) is 0 Å². The Bertz CT molecular complexity index is 967. The number of rotatable bonds is 5. The summed E-state index contributed by atoms with van der Waals surface area (Å²) in [6.07, 6.45) is 6.59. The van der Waals surface area contributed by atoms with Gasteiger partial charge in [0.15, 0.2) is 5.11 Å². The monoisotopic (exact) mass is 391 g/mol. The molecule has 1 aliphatic rings. The highest BCUT2D eigenvalue weighted by atomic mass is 32.1. The number of hydrogen-bond acceptors (Lipinski definition) is 3. The molecule has 4 heterocycles. The van der Waals surface area contributed by atoms with E-state index in [1.807, 2.05) is 30.6 Å². The zero-order chi connectivity index (χ0) is 19.7. The first kappa shape index (κ1) is 18.6. The van der Waals surface area contributed by atoms with Gasteiger partial charge in [-0.2, -0.15) is 0 Å². The van der Waals surface area contributed by atoms with E-state index in [0.29, 0.717) is 0 Å².